The molecule has 4 N–H and O–H groups in total. The van der Waals surface area contributed by atoms with E-state index in [9.17, 15) is 9.90 Å². The zero-order valence-electron chi connectivity index (χ0n) is 9.18. The number of methoxy groups -OCH3 is 1. The zero-order chi connectivity index (χ0) is 12.3. The van der Waals surface area contributed by atoms with E-state index in [4.69, 9.17) is 16.9 Å². The molecule has 0 saturated heterocycles. The van der Waals surface area contributed by atoms with Gasteiger partial charge in [-0.25, -0.2) is 0 Å². The van der Waals surface area contributed by atoms with Gasteiger partial charge in [0, 0.05) is 1.37 Å². The average molecular weight is 213 g/mol. The van der Waals surface area contributed by atoms with Crippen molar-refractivity contribution in [2.24, 2.45) is 5.73 Å². The summed E-state index contributed by atoms with van der Waals surface area (Å²) in [6, 6.07) is 2.87. The first-order valence-electron chi connectivity index (χ1n) is 4.82. The van der Waals surface area contributed by atoms with Crippen molar-refractivity contribution < 1.29 is 21.1 Å². The Morgan fingerprint density at radius 2 is 2.40 bits per heavy atom. The number of phenolic OH excluding ortho intramolecular Hbond substituents is 1. The third kappa shape index (κ3) is 2.85. The number of carboxylic acid groups (broad SMARTS) is 1. The van der Waals surface area contributed by atoms with Gasteiger partial charge >= 0.3 is 5.97 Å². The molecule has 82 valence electrons. The molecule has 0 heterocycles. The molecule has 15 heavy (non-hydrogen) atoms. The van der Waals surface area contributed by atoms with Crippen LogP contribution in [-0.2, 0) is 11.2 Å². The second kappa shape index (κ2) is 4.65. The fraction of sp³-hybridized carbons (Fsp3) is 0.300. The lowest BCUT2D eigenvalue weighted by molar-refractivity contribution is -0.138. The van der Waals surface area contributed by atoms with E-state index >= 15 is 0 Å². The summed E-state index contributed by atoms with van der Waals surface area (Å²) in [6.07, 6.45) is -1.10. The van der Waals surface area contributed by atoms with Gasteiger partial charge in [-0.15, -0.1) is 0 Å². The lowest BCUT2D eigenvalue weighted by Gasteiger charge is -2.08. The number of rotatable bonds is 4. The van der Waals surface area contributed by atoms with Crippen LogP contribution in [0.5, 0.6) is 11.5 Å². The summed E-state index contributed by atoms with van der Waals surface area (Å²) < 4.78 is 12.5. The van der Waals surface area contributed by atoms with E-state index < -0.39 is 18.4 Å². The van der Waals surface area contributed by atoms with Gasteiger partial charge < -0.3 is 20.7 Å². The second-order valence-corrected chi connectivity index (χ2v) is 2.96. The number of carboxylic acids is 1. The highest BCUT2D eigenvalue weighted by molar-refractivity contribution is 5.73. The number of hydrogen-bond donors (Lipinski definition) is 3. The first-order valence-corrected chi connectivity index (χ1v) is 4.25. The van der Waals surface area contributed by atoms with Crippen molar-refractivity contribution in [3.8, 4) is 11.5 Å². The van der Waals surface area contributed by atoms with Crippen molar-refractivity contribution in [1.82, 2.24) is 0 Å². The molecule has 1 aromatic carbocycles. The Morgan fingerprint density at radius 1 is 1.73 bits per heavy atom. The molecule has 1 aromatic rings. The Bertz CT molecular complexity index is 396. The lowest BCUT2D eigenvalue weighted by Crippen LogP contribution is -2.32. The minimum Gasteiger partial charge on any atom is -0.504 e. The van der Waals surface area contributed by atoms with E-state index in [-0.39, 0.29) is 11.5 Å². The van der Waals surface area contributed by atoms with Gasteiger partial charge in [-0.3, -0.25) is 4.79 Å². The quantitative estimate of drug-likeness (QED) is 0.671. The number of carbonyl (C=O) groups is 1. The SMILES string of the molecule is [3H][C@H](c1ccc(O)c(OC)c1)[C@H](N)C(=O)O. The summed E-state index contributed by atoms with van der Waals surface area (Å²) >= 11 is 0. The van der Waals surface area contributed by atoms with Gasteiger partial charge in [0.2, 0.25) is 0 Å². The Kier molecular flexibility index (Phi) is 3.04. The van der Waals surface area contributed by atoms with Crippen LogP contribution in [0.3, 0.4) is 0 Å². The summed E-state index contributed by atoms with van der Waals surface area (Å²) in [5.41, 5.74) is 5.71. The minimum absolute atomic E-state index is 0.0673. The Balaban J connectivity index is 3.00. The molecule has 0 aliphatic heterocycles. The van der Waals surface area contributed by atoms with Crippen LogP contribution >= 0.6 is 0 Å². The molecule has 5 heteroatoms. The van der Waals surface area contributed by atoms with Crippen molar-refractivity contribution in [3.63, 3.8) is 0 Å². The maximum atomic E-state index is 10.6. The van der Waals surface area contributed by atoms with Gasteiger partial charge in [0.15, 0.2) is 11.5 Å². The molecule has 0 aromatic heterocycles. The standard InChI is InChI=1S/C10H13NO4/c1-15-9-5-6(2-3-8(9)12)4-7(11)10(13)14/h2-3,5,7,12H,4,11H2,1H3,(H,13,14)/t7-/m0/s1/i4T/t4-,7+/m1. The van der Waals surface area contributed by atoms with Gasteiger partial charge in [0.1, 0.15) is 6.04 Å². The van der Waals surface area contributed by atoms with Crippen LogP contribution in [0.15, 0.2) is 18.2 Å². The maximum Gasteiger partial charge on any atom is 0.320 e. The highest BCUT2D eigenvalue weighted by Crippen LogP contribution is 2.26. The van der Waals surface area contributed by atoms with Gasteiger partial charge in [0.05, 0.1) is 7.11 Å². The number of hydrogen-bond acceptors (Lipinski definition) is 4. The Morgan fingerprint density at radius 3 is 2.93 bits per heavy atom. The van der Waals surface area contributed by atoms with E-state index in [2.05, 4.69) is 0 Å². The van der Waals surface area contributed by atoms with Gasteiger partial charge in [-0.1, -0.05) is 6.07 Å². The van der Waals surface area contributed by atoms with Crippen LogP contribution in [0.25, 0.3) is 0 Å². The number of aromatic hydroxyl groups is 1. The molecular formula is C10H13NO4. The van der Waals surface area contributed by atoms with Crippen molar-refractivity contribution in [2.75, 3.05) is 7.11 Å². The fourth-order valence-electron chi connectivity index (χ4n) is 1.08. The van der Waals surface area contributed by atoms with Crippen LogP contribution in [0.1, 0.15) is 6.93 Å². The molecule has 1 rings (SSSR count). The summed E-state index contributed by atoms with van der Waals surface area (Å²) in [5.74, 6) is -1.12. The van der Waals surface area contributed by atoms with E-state index in [0.29, 0.717) is 5.56 Å². The largest absolute Gasteiger partial charge is 0.504 e. The smallest absolute Gasteiger partial charge is 0.320 e. The molecule has 0 aliphatic carbocycles. The number of ether oxygens (including phenoxy) is 1. The second-order valence-electron chi connectivity index (χ2n) is 2.96. The number of aliphatic carboxylic acids is 1. The van der Waals surface area contributed by atoms with Crippen LogP contribution in [0.2, 0.25) is 0 Å². The Labute approximate surface area is 88.5 Å². The van der Waals surface area contributed by atoms with Gasteiger partial charge in [-0.05, 0) is 24.1 Å². The number of phenols is 1. The first kappa shape index (κ1) is 9.79. The molecule has 0 aliphatic rings. The molecular weight excluding hydrogens is 198 g/mol. The van der Waals surface area contributed by atoms with Crippen molar-refractivity contribution >= 4 is 5.97 Å². The van der Waals surface area contributed by atoms with Crippen LogP contribution in [0.4, 0.5) is 0 Å². The van der Waals surface area contributed by atoms with Crippen molar-refractivity contribution in [2.45, 2.75) is 12.4 Å². The molecule has 0 bridgehead atoms. The zero-order valence-corrected chi connectivity index (χ0v) is 8.18. The molecule has 0 unspecified atom stereocenters. The Hall–Kier alpha value is -1.75. The molecule has 5 nitrogen and oxygen atoms in total. The average Bonchev–Trinajstić information content (AvgIpc) is 2.27. The van der Waals surface area contributed by atoms with Crippen LogP contribution in [0, 0.1) is 0 Å². The third-order valence-electron chi connectivity index (χ3n) is 1.86. The predicted octanol–water partition coefficient (Wildman–Crippen LogP) is 0.355. The van der Waals surface area contributed by atoms with E-state index in [1.54, 1.807) is 0 Å². The summed E-state index contributed by atoms with van der Waals surface area (Å²) in [6.45, 7) is 0. The van der Waals surface area contributed by atoms with Crippen molar-refractivity contribution in [1.29, 1.82) is 0 Å². The third-order valence-corrected chi connectivity index (χ3v) is 1.86. The molecule has 0 saturated carbocycles. The minimum atomic E-state index is -1.31. The van der Waals surface area contributed by atoms with E-state index in [0.717, 1.165) is 0 Å². The molecule has 2 atom stereocenters. The predicted molar refractivity (Wildman–Crippen MR) is 54.0 cm³/mol. The lowest BCUT2D eigenvalue weighted by atomic mass is 10.1. The topological polar surface area (TPSA) is 92.8 Å². The molecule has 0 radical (unpaired) electrons. The molecule has 0 spiro atoms. The summed E-state index contributed by atoms with van der Waals surface area (Å²) in [7, 11) is 1.37. The summed E-state index contributed by atoms with van der Waals surface area (Å²) in [4.78, 5) is 10.6. The molecule has 0 amide bonds. The number of nitrogens with two attached hydrogens (primary N) is 1. The van der Waals surface area contributed by atoms with E-state index in [1.807, 2.05) is 0 Å². The highest BCUT2D eigenvalue weighted by Gasteiger charge is 2.13. The summed E-state index contributed by atoms with van der Waals surface area (Å²) in [5, 5.41) is 18.0. The first-order chi connectivity index (χ1) is 7.47. The highest BCUT2D eigenvalue weighted by atomic mass is 16.5. The number of benzene rings is 1. The van der Waals surface area contributed by atoms with Crippen molar-refractivity contribution in [3.05, 3.63) is 23.8 Å². The monoisotopic (exact) mass is 213 g/mol. The maximum absolute atomic E-state index is 10.6. The van der Waals surface area contributed by atoms with Crippen LogP contribution < -0.4 is 10.5 Å². The van der Waals surface area contributed by atoms with E-state index in [1.165, 1.54) is 25.3 Å². The van der Waals surface area contributed by atoms with Gasteiger partial charge in [0.25, 0.3) is 0 Å². The normalized spacial score (nSPS) is 15.2. The fourth-order valence-corrected chi connectivity index (χ4v) is 1.08. The van der Waals surface area contributed by atoms with Gasteiger partial charge in [-0.2, -0.15) is 0 Å². The van der Waals surface area contributed by atoms with Crippen LogP contribution in [-0.4, -0.2) is 29.3 Å². The molecule has 0 fully saturated rings.